The van der Waals surface area contributed by atoms with Crippen LogP contribution in [0, 0.1) is 11.3 Å². The van der Waals surface area contributed by atoms with Gasteiger partial charge in [0.05, 0.1) is 0 Å². The Balaban J connectivity index is 2.00. The summed E-state index contributed by atoms with van der Waals surface area (Å²) < 4.78 is 13.7. The first-order valence-corrected chi connectivity index (χ1v) is 6.47. The molecule has 0 aromatic carbocycles. The van der Waals surface area contributed by atoms with Crippen molar-refractivity contribution < 1.29 is 4.39 Å². The van der Waals surface area contributed by atoms with Gasteiger partial charge in [0.1, 0.15) is 5.67 Å². The monoisotopic (exact) mass is 213 g/mol. The minimum Gasteiger partial charge on any atom is -0.330 e. The molecule has 0 unspecified atom stereocenters. The van der Waals surface area contributed by atoms with Gasteiger partial charge in [-0.15, -0.1) is 0 Å². The first kappa shape index (κ1) is 11.4. The minimum absolute atomic E-state index is 0.161. The fourth-order valence-electron chi connectivity index (χ4n) is 3.91. The average Bonchev–Trinajstić information content (AvgIpc) is 2.41. The number of nitrogens with two attached hydrogens (primary N) is 1. The lowest BCUT2D eigenvalue weighted by Gasteiger charge is -2.54. The molecule has 0 aromatic heterocycles. The highest BCUT2D eigenvalue weighted by Crippen LogP contribution is 2.57. The lowest BCUT2D eigenvalue weighted by atomic mass is 9.53. The average molecular weight is 213 g/mol. The molecule has 2 aliphatic carbocycles. The van der Waals surface area contributed by atoms with Crippen LogP contribution in [0.2, 0.25) is 0 Å². The Kier molecular flexibility index (Phi) is 3.07. The normalized spacial score (nSPS) is 43.4. The first-order chi connectivity index (χ1) is 7.08. The van der Waals surface area contributed by atoms with Gasteiger partial charge < -0.3 is 5.73 Å². The maximum absolute atomic E-state index is 13.7. The molecule has 15 heavy (non-hydrogen) atoms. The van der Waals surface area contributed by atoms with Crippen LogP contribution in [0.1, 0.15) is 58.3 Å². The van der Waals surface area contributed by atoms with Gasteiger partial charge in [-0.05, 0) is 50.5 Å². The maximum Gasteiger partial charge on any atom is 0.109 e. The topological polar surface area (TPSA) is 26.0 Å². The molecule has 0 bridgehead atoms. The number of halogens is 1. The van der Waals surface area contributed by atoms with Gasteiger partial charge in [-0.25, -0.2) is 4.39 Å². The Bertz CT molecular complexity index is 209. The summed E-state index contributed by atoms with van der Waals surface area (Å²) in [5, 5.41) is 0. The SMILES string of the molecule is CC1(F)CC(CN)(C2CCCCCC2)C1. The number of alkyl halides is 1. The molecule has 0 amide bonds. The lowest BCUT2D eigenvalue weighted by molar-refractivity contribution is -0.0894. The molecule has 2 heteroatoms. The van der Waals surface area contributed by atoms with Gasteiger partial charge in [0.25, 0.3) is 0 Å². The second-order valence-electron chi connectivity index (χ2n) is 6.02. The number of rotatable bonds is 2. The molecule has 0 atom stereocenters. The molecule has 0 aliphatic heterocycles. The Hall–Kier alpha value is -0.110. The van der Waals surface area contributed by atoms with Crippen LogP contribution in [-0.2, 0) is 0 Å². The van der Waals surface area contributed by atoms with Crippen LogP contribution in [0.15, 0.2) is 0 Å². The summed E-state index contributed by atoms with van der Waals surface area (Å²) in [6.07, 6.45) is 9.38. The maximum atomic E-state index is 13.7. The van der Waals surface area contributed by atoms with E-state index >= 15 is 0 Å². The fourth-order valence-corrected chi connectivity index (χ4v) is 3.91. The molecule has 1 nitrogen and oxygen atoms in total. The largest absolute Gasteiger partial charge is 0.330 e. The molecule has 0 spiro atoms. The van der Waals surface area contributed by atoms with E-state index in [0.717, 1.165) is 0 Å². The van der Waals surface area contributed by atoms with E-state index in [1.807, 2.05) is 0 Å². The molecule has 0 aromatic rings. The van der Waals surface area contributed by atoms with Gasteiger partial charge >= 0.3 is 0 Å². The van der Waals surface area contributed by atoms with E-state index in [1.165, 1.54) is 38.5 Å². The summed E-state index contributed by atoms with van der Waals surface area (Å²) in [5.41, 5.74) is 5.14. The van der Waals surface area contributed by atoms with Crippen LogP contribution < -0.4 is 5.73 Å². The second kappa shape index (κ2) is 4.04. The van der Waals surface area contributed by atoms with Gasteiger partial charge in [0, 0.05) is 0 Å². The van der Waals surface area contributed by atoms with Crippen LogP contribution in [0.4, 0.5) is 4.39 Å². The second-order valence-corrected chi connectivity index (χ2v) is 6.02. The number of hydrogen-bond acceptors (Lipinski definition) is 1. The highest BCUT2D eigenvalue weighted by molar-refractivity contribution is 5.06. The zero-order valence-corrected chi connectivity index (χ0v) is 9.90. The quantitative estimate of drug-likeness (QED) is 0.699. The molecule has 0 saturated heterocycles. The van der Waals surface area contributed by atoms with Crippen LogP contribution in [0.5, 0.6) is 0 Å². The molecule has 2 N–H and O–H groups in total. The molecule has 2 saturated carbocycles. The van der Waals surface area contributed by atoms with E-state index in [2.05, 4.69) is 0 Å². The summed E-state index contributed by atoms with van der Waals surface area (Å²) in [4.78, 5) is 0. The van der Waals surface area contributed by atoms with Crippen molar-refractivity contribution in [2.24, 2.45) is 17.1 Å². The lowest BCUT2D eigenvalue weighted by Crippen LogP contribution is -2.55. The zero-order chi connectivity index (χ0) is 10.9. The van der Waals surface area contributed by atoms with Gasteiger partial charge in [-0.2, -0.15) is 0 Å². The van der Waals surface area contributed by atoms with Crippen LogP contribution in [-0.4, -0.2) is 12.2 Å². The highest BCUT2D eigenvalue weighted by Gasteiger charge is 2.55. The van der Waals surface area contributed by atoms with Gasteiger partial charge in [0.2, 0.25) is 0 Å². The van der Waals surface area contributed by atoms with Gasteiger partial charge in [0.15, 0.2) is 0 Å². The van der Waals surface area contributed by atoms with Crippen molar-refractivity contribution in [3.63, 3.8) is 0 Å². The van der Waals surface area contributed by atoms with Crippen LogP contribution in [0.3, 0.4) is 0 Å². The predicted molar refractivity (Wildman–Crippen MR) is 61.4 cm³/mol. The highest BCUT2D eigenvalue weighted by atomic mass is 19.1. The van der Waals surface area contributed by atoms with Crippen molar-refractivity contribution in [2.45, 2.75) is 64.0 Å². The van der Waals surface area contributed by atoms with Crippen molar-refractivity contribution >= 4 is 0 Å². The van der Waals surface area contributed by atoms with Gasteiger partial charge in [-0.3, -0.25) is 0 Å². The Morgan fingerprint density at radius 3 is 2.07 bits per heavy atom. The van der Waals surface area contributed by atoms with Crippen LogP contribution in [0.25, 0.3) is 0 Å². The summed E-state index contributed by atoms with van der Waals surface area (Å²) in [7, 11) is 0. The summed E-state index contributed by atoms with van der Waals surface area (Å²) in [5.74, 6) is 0.703. The molecule has 88 valence electrons. The van der Waals surface area contributed by atoms with Crippen molar-refractivity contribution in [2.75, 3.05) is 6.54 Å². The van der Waals surface area contributed by atoms with E-state index in [-0.39, 0.29) is 5.41 Å². The van der Waals surface area contributed by atoms with Crippen molar-refractivity contribution in [3.05, 3.63) is 0 Å². The summed E-state index contributed by atoms with van der Waals surface area (Å²) >= 11 is 0. The minimum atomic E-state index is -0.925. The van der Waals surface area contributed by atoms with E-state index in [1.54, 1.807) is 6.92 Å². The Morgan fingerprint density at radius 2 is 1.67 bits per heavy atom. The molecule has 0 radical (unpaired) electrons. The van der Waals surface area contributed by atoms with E-state index in [0.29, 0.717) is 25.3 Å². The third-order valence-corrected chi connectivity index (χ3v) is 4.57. The Labute approximate surface area is 92.6 Å². The van der Waals surface area contributed by atoms with E-state index < -0.39 is 5.67 Å². The van der Waals surface area contributed by atoms with Gasteiger partial charge in [-0.1, -0.05) is 25.7 Å². The van der Waals surface area contributed by atoms with E-state index in [4.69, 9.17) is 5.73 Å². The third-order valence-electron chi connectivity index (χ3n) is 4.57. The molecule has 2 aliphatic rings. The molecular formula is C13H24FN. The summed E-state index contributed by atoms with van der Waals surface area (Å²) in [6, 6.07) is 0. The molecule has 2 rings (SSSR count). The van der Waals surface area contributed by atoms with Crippen molar-refractivity contribution in [3.8, 4) is 0 Å². The molecular weight excluding hydrogens is 189 g/mol. The van der Waals surface area contributed by atoms with Crippen molar-refractivity contribution in [1.82, 2.24) is 0 Å². The fraction of sp³-hybridized carbons (Fsp3) is 1.00. The zero-order valence-electron chi connectivity index (χ0n) is 9.90. The van der Waals surface area contributed by atoms with Crippen molar-refractivity contribution in [1.29, 1.82) is 0 Å². The number of hydrogen-bond donors (Lipinski definition) is 1. The Morgan fingerprint density at radius 1 is 1.13 bits per heavy atom. The predicted octanol–water partition coefficient (Wildman–Crippen LogP) is 3.42. The standard InChI is InChI=1S/C13H24FN/c1-12(14)8-13(9-12,10-15)11-6-4-2-3-5-7-11/h11H,2-10,15H2,1H3. The summed E-state index contributed by atoms with van der Waals surface area (Å²) in [6.45, 7) is 2.43. The van der Waals surface area contributed by atoms with Crippen LogP contribution >= 0.6 is 0 Å². The van der Waals surface area contributed by atoms with E-state index in [9.17, 15) is 4.39 Å². The third kappa shape index (κ3) is 2.20. The molecule has 0 heterocycles. The smallest absolute Gasteiger partial charge is 0.109 e. The first-order valence-electron chi connectivity index (χ1n) is 6.47. The molecule has 2 fully saturated rings.